The van der Waals surface area contributed by atoms with E-state index in [1.807, 2.05) is 12.1 Å². The topological polar surface area (TPSA) is 15.3 Å². The van der Waals surface area contributed by atoms with E-state index in [0.717, 1.165) is 38.2 Å². The molecule has 1 aromatic rings. The third-order valence-electron chi connectivity index (χ3n) is 4.74. The Bertz CT molecular complexity index is 447. The van der Waals surface area contributed by atoms with Crippen LogP contribution in [0.5, 0.6) is 0 Å². The number of benzene rings is 1. The van der Waals surface area contributed by atoms with E-state index in [4.69, 9.17) is 0 Å². The summed E-state index contributed by atoms with van der Waals surface area (Å²) in [5.74, 6) is 0.635. The number of nitrogens with zero attached hydrogens (tertiary/aromatic N) is 1. The van der Waals surface area contributed by atoms with Gasteiger partial charge in [-0.3, -0.25) is 4.90 Å². The van der Waals surface area contributed by atoms with Gasteiger partial charge < -0.3 is 5.32 Å². The van der Waals surface area contributed by atoms with Gasteiger partial charge >= 0.3 is 0 Å². The molecule has 0 spiro atoms. The van der Waals surface area contributed by atoms with Crippen LogP contribution in [-0.4, -0.2) is 24.0 Å². The maximum atomic E-state index is 14.1. The van der Waals surface area contributed by atoms with Crippen molar-refractivity contribution in [2.24, 2.45) is 5.92 Å². The van der Waals surface area contributed by atoms with E-state index >= 15 is 0 Å². The lowest BCUT2D eigenvalue weighted by Crippen LogP contribution is -2.41. The molecule has 3 heteroatoms. The number of likely N-dealkylation sites (tertiary alicyclic amines) is 1. The summed E-state index contributed by atoms with van der Waals surface area (Å²) in [6, 6.07) is 6.09. The molecule has 0 amide bonds. The second-order valence-corrected chi connectivity index (χ2v) is 6.43. The number of nitrogens with one attached hydrogen (secondary N) is 1. The Hall–Kier alpha value is -0.930. The van der Waals surface area contributed by atoms with Crippen molar-refractivity contribution in [2.45, 2.75) is 59.2 Å². The van der Waals surface area contributed by atoms with Gasteiger partial charge in [0.1, 0.15) is 5.82 Å². The maximum absolute atomic E-state index is 14.1. The zero-order valence-corrected chi connectivity index (χ0v) is 13.7. The Morgan fingerprint density at radius 2 is 2.14 bits per heavy atom. The summed E-state index contributed by atoms with van der Waals surface area (Å²) in [4.78, 5) is 2.43. The number of hydrogen-bond acceptors (Lipinski definition) is 2. The molecule has 0 aliphatic carbocycles. The highest BCUT2D eigenvalue weighted by molar-refractivity contribution is 5.25. The van der Waals surface area contributed by atoms with Crippen LogP contribution >= 0.6 is 0 Å². The van der Waals surface area contributed by atoms with Gasteiger partial charge in [0, 0.05) is 24.7 Å². The Balaban J connectivity index is 2.02. The van der Waals surface area contributed by atoms with Gasteiger partial charge in [-0.2, -0.15) is 0 Å². The summed E-state index contributed by atoms with van der Waals surface area (Å²) in [5.41, 5.74) is 2.02. The lowest BCUT2D eigenvalue weighted by molar-refractivity contribution is 0.105. The van der Waals surface area contributed by atoms with E-state index < -0.39 is 0 Å². The molecule has 0 aromatic heterocycles. The van der Waals surface area contributed by atoms with Crippen molar-refractivity contribution >= 4 is 0 Å². The lowest BCUT2D eigenvalue weighted by Gasteiger charge is -2.38. The van der Waals surface area contributed by atoms with Gasteiger partial charge in [0.15, 0.2) is 0 Å². The van der Waals surface area contributed by atoms with Gasteiger partial charge in [-0.15, -0.1) is 0 Å². The minimum absolute atomic E-state index is 0.0698. The van der Waals surface area contributed by atoms with Crippen LogP contribution in [0, 0.1) is 11.7 Å². The summed E-state index contributed by atoms with van der Waals surface area (Å²) < 4.78 is 14.1. The monoisotopic (exact) mass is 292 g/mol. The predicted octanol–water partition coefficient (Wildman–Crippen LogP) is 3.95. The fourth-order valence-electron chi connectivity index (χ4n) is 3.13. The Morgan fingerprint density at radius 1 is 1.33 bits per heavy atom. The van der Waals surface area contributed by atoms with Crippen LogP contribution in [0.25, 0.3) is 0 Å². The molecule has 1 aliphatic rings. The average molecular weight is 292 g/mol. The lowest BCUT2D eigenvalue weighted by atomic mass is 9.91. The predicted molar refractivity (Wildman–Crippen MR) is 86.7 cm³/mol. The first kappa shape index (κ1) is 16.4. The summed E-state index contributed by atoms with van der Waals surface area (Å²) in [6.07, 6.45) is 3.64. The van der Waals surface area contributed by atoms with Gasteiger partial charge in [0.2, 0.25) is 0 Å². The Morgan fingerprint density at radius 3 is 2.90 bits per heavy atom. The van der Waals surface area contributed by atoms with Crippen molar-refractivity contribution in [3.05, 3.63) is 35.1 Å². The van der Waals surface area contributed by atoms with Crippen LogP contribution in [0.15, 0.2) is 18.2 Å². The van der Waals surface area contributed by atoms with E-state index in [0.29, 0.717) is 12.0 Å². The molecule has 1 aromatic carbocycles. The fourth-order valence-corrected chi connectivity index (χ4v) is 3.13. The van der Waals surface area contributed by atoms with E-state index in [9.17, 15) is 4.39 Å². The average Bonchev–Trinajstić information content (AvgIpc) is 2.47. The fraction of sp³-hybridized carbons (Fsp3) is 0.667. The summed E-state index contributed by atoms with van der Waals surface area (Å²) >= 11 is 0. The zero-order chi connectivity index (χ0) is 15.2. The van der Waals surface area contributed by atoms with Crippen molar-refractivity contribution in [3.8, 4) is 0 Å². The smallest absolute Gasteiger partial charge is 0.127 e. The number of rotatable bonds is 6. The third-order valence-corrected chi connectivity index (χ3v) is 4.74. The number of hydrogen-bond donors (Lipinski definition) is 1. The molecular weight excluding hydrogens is 263 g/mol. The van der Waals surface area contributed by atoms with Gasteiger partial charge in [-0.25, -0.2) is 4.39 Å². The number of halogens is 1. The minimum Gasteiger partial charge on any atom is -0.313 e. The quantitative estimate of drug-likeness (QED) is 0.799. The second-order valence-electron chi connectivity index (χ2n) is 6.43. The highest BCUT2D eigenvalue weighted by atomic mass is 19.1. The zero-order valence-electron chi connectivity index (χ0n) is 13.7. The van der Waals surface area contributed by atoms with Crippen LogP contribution in [0.2, 0.25) is 0 Å². The van der Waals surface area contributed by atoms with Crippen LogP contribution in [0.3, 0.4) is 0 Å². The molecule has 1 saturated heterocycles. The molecule has 2 rings (SSSR count). The molecule has 1 heterocycles. The number of piperidine rings is 1. The highest BCUT2D eigenvalue weighted by Crippen LogP contribution is 2.25. The summed E-state index contributed by atoms with van der Waals surface area (Å²) in [6.45, 7) is 10.4. The van der Waals surface area contributed by atoms with Crippen LogP contribution in [-0.2, 0) is 13.1 Å². The van der Waals surface area contributed by atoms with E-state index in [1.54, 1.807) is 6.07 Å². The standard InChI is InChI=1S/C18H29FN2/c1-4-9-20-12-16-7-8-18(19)17(11-16)13-21-10-5-6-14(2)15(21)3/h7-8,11,14-15,20H,4-6,9-10,12-13H2,1-3H3. The molecule has 0 bridgehead atoms. The normalized spacial score (nSPS) is 23.4. The van der Waals surface area contributed by atoms with Gasteiger partial charge in [0.25, 0.3) is 0 Å². The third kappa shape index (κ3) is 4.52. The highest BCUT2D eigenvalue weighted by Gasteiger charge is 2.25. The Kier molecular flexibility index (Phi) is 6.19. The molecule has 1 aliphatic heterocycles. The molecule has 1 N–H and O–H groups in total. The molecule has 2 nitrogen and oxygen atoms in total. The Labute approximate surface area is 128 Å². The van der Waals surface area contributed by atoms with Crippen LogP contribution < -0.4 is 5.32 Å². The minimum atomic E-state index is -0.0698. The maximum Gasteiger partial charge on any atom is 0.127 e. The van der Waals surface area contributed by atoms with Gasteiger partial charge in [0.05, 0.1) is 0 Å². The van der Waals surface area contributed by atoms with Crippen molar-refractivity contribution in [1.29, 1.82) is 0 Å². The molecule has 2 atom stereocenters. The van der Waals surface area contributed by atoms with E-state index in [-0.39, 0.29) is 5.82 Å². The molecule has 0 saturated carbocycles. The molecular formula is C18H29FN2. The molecule has 118 valence electrons. The summed E-state index contributed by atoms with van der Waals surface area (Å²) in [7, 11) is 0. The van der Waals surface area contributed by atoms with E-state index in [2.05, 4.69) is 31.0 Å². The van der Waals surface area contributed by atoms with Crippen molar-refractivity contribution in [3.63, 3.8) is 0 Å². The first-order chi connectivity index (χ1) is 10.1. The van der Waals surface area contributed by atoms with Crippen LogP contribution in [0.4, 0.5) is 4.39 Å². The molecule has 21 heavy (non-hydrogen) atoms. The SMILES string of the molecule is CCCNCc1ccc(F)c(CN2CCCC(C)C2C)c1. The van der Waals surface area contributed by atoms with Crippen LogP contribution in [0.1, 0.15) is 51.2 Å². The molecule has 2 unspecified atom stereocenters. The molecule has 0 radical (unpaired) electrons. The first-order valence-corrected chi connectivity index (χ1v) is 8.34. The van der Waals surface area contributed by atoms with Gasteiger partial charge in [-0.1, -0.05) is 26.0 Å². The molecule has 1 fully saturated rings. The summed E-state index contributed by atoms with van der Waals surface area (Å²) in [5, 5.41) is 3.38. The largest absolute Gasteiger partial charge is 0.313 e. The van der Waals surface area contributed by atoms with Crippen molar-refractivity contribution < 1.29 is 4.39 Å². The van der Waals surface area contributed by atoms with Crippen molar-refractivity contribution in [2.75, 3.05) is 13.1 Å². The van der Waals surface area contributed by atoms with Crippen molar-refractivity contribution in [1.82, 2.24) is 10.2 Å². The van der Waals surface area contributed by atoms with E-state index in [1.165, 1.54) is 18.4 Å². The first-order valence-electron chi connectivity index (χ1n) is 8.34. The second kappa shape index (κ2) is 7.90. The van der Waals surface area contributed by atoms with Gasteiger partial charge in [-0.05, 0) is 56.8 Å².